The predicted octanol–water partition coefficient (Wildman–Crippen LogP) is 0.433. The number of carbonyl (C=O) groups excluding carboxylic acids is 1. The van der Waals surface area contributed by atoms with E-state index in [0.717, 1.165) is 0 Å². The number of carboxylic acid groups (broad SMARTS) is 1. The van der Waals surface area contributed by atoms with Crippen LogP contribution >= 0.6 is 0 Å². The van der Waals surface area contributed by atoms with Crippen molar-refractivity contribution in [1.29, 1.82) is 0 Å². The summed E-state index contributed by atoms with van der Waals surface area (Å²) in [5.74, 6) is -0.959. The van der Waals surface area contributed by atoms with E-state index in [2.05, 4.69) is 15.0 Å². The van der Waals surface area contributed by atoms with Crippen LogP contribution < -0.4 is 5.32 Å². The van der Waals surface area contributed by atoms with Crippen LogP contribution in [0.3, 0.4) is 0 Å². The first kappa shape index (κ1) is 11.4. The van der Waals surface area contributed by atoms with E-state index >= 15 is 0 Å². The van der Waals surface area contributed by atoms with Crippen molar-refractivity contribution in [3.63, 3.8) is 0 Å². The molecule has 7 nitrogen and oxygen atoms in total. The molecule has 1 saturated heterocycles. The van der Waals surface area contributed by atoms with Gasteiger partial charge in [0, 0.05) is 12.6 Å². The van der Waals surface area contributed by atoms with Gasteiger partial charge >= 0.3 is 12.0 Å². The summed E-state index contributed by atoms with van der Waals surface area (Å²) in [6.07, 6.45) is 2.64. The molecule has 0 saturated carbocycles. The summed E-state index contributed by atoms with van der Waals surface area (Å²) in [4.78, 5) is 24.0. The van der Waals surface area contributed by atoms with E-state index in [1.807, 2.05) is 0 Å². The summed E-state index contributed by atoms with van der Waals surface area (Å²) in [5.41, 5.74) is 0.601. The summed E-state index contributed by atoms with van der Waals surface area (Å²) in [7, 11) is 0. The molecule has 0 aliphatic carbocycles. The second-order valence-corrected chi connectivity index (χ2v) is 3.84. The summed E-state index contributed by atoms with van der Waals surface area (Å²) in [5, 5.41) is 15.2. The Morgan fingerprint density at radius 2 is 2.47 bits per heavy atom. The quantitative estimate of drug-likeness (QED) is 0.797. The zero-order valence-electron chi connectivity index (χ0n) is 9.13. The van der Waals surface area contributed by atoms with Gasteiger partial charge in [-0.05, 0) is 12.8 Å². The van der Waals surface area contributed by atoms with Gasteiger partial charge < -0.3 is 19.8 Å². The molecule has 2 rings (SSSR count). The number of aliphatic carboxylic acids is 1. The van der Waals surface area contributed by atoms with Crippen LogP contribution in [0.4, 0.5) is 4.79 Å². The number of urea groups is 1. The lowest BCUT2D eigenvalue weighted by Gasteiger charge is -2.21. The Morgan fingerprint density at radius 1 is 1.65 bits per heavy atom. The molecule has 1 aliphatic rings. The summed E-state index contributed by atoms with van der Waals surface area (Å²) in [6.45, 7) is 0.708. The highest BCUT2D eigenvalue weighted by molar-refractivity contribution is 5.83. The number of nitrogens with one attached hydrogen (secondary N) is 1. The molecule has 0 radical (unpaired) electrons. The maximum Gasteiger partial charge on any atom is 0.326 e. The second-order valence-electron chi connectivity index (χ2n) is 3.84. The van der Waals surface area contributed by atoms with Crippen molar-refractivity contribution in [2.24, 2.45) is 0 Å². The average Bonchev–Trinajstić information content (AvgIpc) is 2.96. The van der Waals surface area contributed by atoms with Crippen LogP contribution in [0.15, 0.2) is 16.9 Å². The molecule has 2 amide bonds. The Morgan fingerprint density at radius 3 is 3.12 bits per heavy atom. The Balaban J connectivity index is 1.89. The zero-order valence-corrected chi connectivity index (χ0v) is 9.13. The zero-order chi connectivity index (χ0) is 12.3. The molecule has 17 heavy (non-hydrogen) atoms. The van der Waals surface area contributed by atoms with E-state index in [1.54, 1.807) is 6.07 Å². The lowest BCUT2D eigenvalue weighted by molar-refractivity contribution is -0.141. The highest BCUT2D eigenvalue weighted by Crippen LogP contribution is 2.17. The largest absolute Gasteiger partial charge is 0.480 e. The van der Waals surface area contributed by atoms with Crippen molar-refractivity contribution in [2.75, 3.05) is 6.54 Å². The van der Waals surface area contributed by atoms with Gasteiger partial charge in [0.2, 0.25) is 0 Å². The van der Waals surface area contributed by atoms with Gasteiger partial charge in [0.15, 0.2) is 0 Å². The highest BCUT2D eigenvalue weighted by Gasteiger charge is 2.33. The molecule has 7 heteroatoms. The van der Waals surface area contributed by atoms with Crippen molar-refractivity contribution in [1.82, 2.24) is 15.4 Å². The van der Waals surface area contributed by atoms with Crippen molar-refractivity contribution >= 4 is 12.0 Å². The standard InChI is InChI=1S/C10H13N3O4/c14-9(15)8-2-1-4-13(8)10(16)11-6-7-3-5-17-12-7/h3,5,8H,1-2,4,6H2,(H,11,16)(H,14,15)/t8-/m0/s1. The lowest BCUT2D eigenvalue weighted by atomic mass is 10.2. The molecule has 2 heterocycles. The molecule has 0 unspecified atom stereocenters. The monoisotopic (exact) mass is 239 g/mol. The maximum atomic E-state index is 11.7. The topological polar surface area (TPSA) is 95.7 Å². The number of likely N-dealkylation sites (tertiary alicyclic amines) is 1. The lowest BCUT2D eigenvalue weighted by Crippen LogP contribution is -2.45. The van der Waals surface area contributed by atoms with Gasteiger partial charge in [-0.1, -0.05) is 5.16 Å². The molecule has 1 aromatic heterocycles. The smallest absolute Gasteiger partial charge is 0.326 e. The second kappa shape index (κ2) is 4.86. The first-order chi connectivity index (χ1) is 8.18. The number of hydrogen-bond donors (Lipinski definition) is 2. The van der Waals surface area contributed by atoms with Crippen LogP contribution in [0.25, 0.3) is 0 Å². The Bertz CT molecular complexity index is 404. The summed E-state index contributed by atoms with van der Waals surface area (Å²) in [6, 6.07) is 0.545. The van der Waals surface area contributed by atoms with Crippen molar-refractivity contribution in [3.05, 3.63) is 18.0 Å². The molecule has 0 aromatic carbocycles. The van der Waals surface area contributed by atoms with E-state index in [0.29, 0.717) is 25.1 Å². The summed E-state index contributed by atoms with van der Waals surface area (Å²) >= 11 is 0. The van der Waals surface area contributed by atoms with Gasteiger partial charge in [-0.2, -0.15) is 0 Å². The fourth-order valence-corrected chi connectivity index (χ4v) is 1.86. The Labute approximate surface area is 97.4 Å². The van der Waals surface area contributed by atoms with Crippen LogP contribution in [0.1, 0.15) is 18.5 Å². The minimum absolute atomic E-state index is 0.234. The number of amides is 2. The number of carbonyl (C=O) groups is 2. The highest BCUT2D eigenvalue weighted by atomic mass is 16.5. The minimum Gasteiger partial charge on any atom is -0.480 e. The SMILES string of the molecule is O=C(O)[C@@H]1CCCN1C(=O)NCc1ccon1. The molecule has 2 N–H and O–H groups in total. The molecular weight excluding hydrogens is 226 g/mol. The first-order valence-electron chi connectivity index (χ1n) is 5.35. The molecule has 1 fully saturated rings. The number of aromatic nitrogens is 1. The average molecular weight is 239 g/mol. The van der Waals surface area contributed by atoms with Crippen molar-refractivity contribution in [2.45, 2.75) is 25.4 Å². The summed E-state index contributed by atoms with van der Waals surface area (Å²) < 4.78 is 4.62. The van der Waals surface area contributed by atoms with Crippen molar-refractivity contribution < 1.29 is 19.2 Å². The molecule has 0 bridgehead atoms. The first-order valence-corrected chi connectivity index (χ1v) is 5.35. The van der Waals surface area contributed by atoms with Crippen LogP contribution in [-0.2, 0) is 11.3 Å². The number of hydrogen-bond acceptors (Lipinski definition) is 4. The van der Waals surface area contributed by atoms with E-state index in [4.69, 9.17) is 5.11 Å². The van der Waals surface area contributed by atoms with Crippen molar-refractivity contribution in [3.8, 4) is 0 Å². The van der Waals surface area contributed by atoms with Gasteiger partial charge in [-0.3, -0.25) is 0 Å². The van der Waals surface area contributed by atoms with Crippen LogP contribution in [-0.4, -0.2) is 39.8 Å². The fourth-order valence-electron chi connectivity index (χ4n) is 1.86. The molecule has 92 valence electrons. The third kappa shape index (κ3) is 2.55. The molecule has 1 aromatic rings. The third-order valence-corrected chi connectivity index (χ3v) is 2.71. The maximum absolute atomic E-state index is 11.7. The minimum atomic E-state index is -0.959. The number of carboxylic acids is 1. The van der Waals surface area contributed by atoms with Crippen LogP contribution in [0, 0.1) is 0 Å². The van der Waals surface area contributed by atoms with Crippen LogP contribution in [0.5, 0.6) is 0 Å². The van der Waals surface area contributed by atoms with Gasteiger partial charge in [-0.25, -0.2) is 9.59 Å². The molecule has 0 spiro atoms. The molecule has 1 atom stereocenters. The molecule has 1 aliphatic heterocycles. The van der Waals surface area contributed by atoms with Gasteiger partial charge in [-0.15, -0.1) is 0 Å². The van der Waals surface area contributed by atoms with Gasteiger partial charge in [0.1, 0.15) is 18.0 Å². The third-order valence-electron chi connectivity index (χ3n) is 2.71. The number of nitrogens with zero attached hydrogens (tertiary/aromatic N) is 2. The Kier molecular flexibility index (Phi) is 3.27. The van der Waals surface area contributed by atoms with Crippen LogP contribution in [0.2, 0.25) is 0 Å². The van der Waals surface area contributed by atoms with Gasteiger partial charge in [0.25, 0.3) is 0 Å². The van der Waals surface area contributed by atoms with E-state index in [9.17, 15) is 9.59 Å². The Hall–Kier alpha value is -2.05. The number of rotatable bonds is 3. The molecular formula is C10H13N3O4. The van der Waals surface area contributed by atoms with Gasteiger partial charge in [0.05, 0.1) is 6.54 Å². The van der Waals surface area contributed by atoms with E-state index in [1.165, 1.54) is 11.2 Å². The fraction of sp³-hybridized carbons (Fsp3) is 0.500. The van der Waals surface area contributed by atoms with E-state index in [-0.39, 0.29) is 12.6 Å². The van der Waals surface area contributed by atoms with E-state index < -0.39 is 12.0 Å². The normalized spacial score (nSPS) is 19.3. The predicted molar refractivity (Wildman–Crippen MR) is 56.1 cm³/mol.